The third kappa shape index (κ3) is 1.72. The average molecular weight is 142 g/mol. The van der Waals surface area contributed by atoms with Crippen LogP contribution in [0.5, 0.6) is 0 Å². The number of hydrogen-bond donors (Lipinski definition) is 2. The molecular weight excluding hydrogens is 128 g/mol. The van der Waals surface area contributed by atoms with Gasteiger partial charge in [0.15, 0.2) is 0 Å². The van der Waals surface area contributed by atoms with Crippen LogP contribution in [0, 0.1) is 0 Å². The molecule has 1 atom stereocenters. The first-order valence-corrected chi connectivity index (χ1v) is 3.61. The fraction of sp³-hybridized carbons (Fsp3) is 0.714. The summed E-state index contributed by atoms with van der Waals surface area (Å²) < 4.78 is 0. The Morgan fingerprint density at radius 2 is 2.60 bits per heavy atom. The van der Waals surface area contributed by atoms with Gasteiger partial charge in [-0.3, -0.25) is 5.32 Å². The van der Waals surface area contributed by atoms with Crippen LogP contribution in [0.4, 0.5) is 0 Å². The summed E-state index contributed by atoms with van der Waals surface area (Å²) in [4.78, 5) is 2.07. The van der Waals surface area contributed by atoms with E-state index in [4.69, 9.17) is 5.11 Å². The van der Waals surface area contributed by atoms with Gasteiger partial charge in [0.1, 0.15) is 0 Å². The SMILES string of the molecule is CC1NCC=CN1CCO. The normalized spacial score (nSPS) is 25.4. The Morgan fingerprint density at radius 1 is 1.80 bits per heavy atom. The molecule has 0 aromatic heterocycles. The second-order valence-electron chi connectivity index (χ2n) is 2.43. The van der Waals surface area contributed by atoms with Gasteiger partial charge in [-0.05, 0) is 13.1 Å². The van der Waals surface area contributed by atoms with Crippen LogP contribution in [0.2, 0.25) is 0 Å². The third-order valence-electron chi connectivity index (χ3n) is 1.68. The molecular formula is C7H14N2O. The van der Waals surface area contributed by atoms with E-state index in [1.165, 1.54) is 0 Å². The molecule has 3 heteroatoms. The standard InChI is InChI=1S/C7H14N2O/c1-7-8-3-2-4-9(7)5-6-10/h2,4,7-8,10H,3,5-6H2,1H3. The molecule has 0 aromatic rings. The molecule has 0 bridgehead atoms. The fourth-order valence-corrected chi connectivity index (χ4v) is 1.06. The quantitative estimate of drug-likeness (QED) is 0.558. The second-order valence-corrected chi connectivity index (χ2v) is 2.43. The molecule has 0 fully saturated rings. The average Bonchev–Trinajstić information content (AvgIpc) is 1.94. The Balaban J connectivity index is 2.39. The Hall–Kier alpha value is -0.540. The molecule has 0 aromatic carbocycles. The molecule has 0 amide bonds. The van der Waals surface area contributed by atoms with Crippen molar-refractivity contribution in [2.24, 2.45) is 0 Å². The zero-order valence-corrected chi connectivity index (χ0v) is 6.25. The van der Waals surface area contributed by atoms with Gasteiger partial charge in [0, 0.05) is 13.1 Å². The van der Waals surface area contributed by atoms with Crippen molar-refractivity contribution in [3.05, 3.63) is 12.3 Å². The molecule has 3 nitrogen and oxygen atoms in total. The van der Waals surface area contributed by atoms with Crippen LogP contribution >= 0.6 is 0 Å². The number of aliphatic hydroxyl groups excluding tert-OH is 1. The number of nitrogens with one attached hydrogen (secondary N) is 1. The monoisotopic (exact) mass is 142 g/mol. The molecule has 2 N–H and O–H groups in total. The number of aliphatic hydroxyl groups is 1. The first kappa shape index (κ1) is 7.57. The van der Waals surface area contributed by atoms with Gasteiger partial charge in [-0.1, -0.05) is 6.08 Å². The van der Waals surface area contributed by atoms with Gasteiger partial charge in [-0.25, -0.2) is 0 Å². The summed E-state index contributed by atoms with van der Waals surface area (Å²) in [5, 5.41) is 11.9. The van der Waals surface area contributed by atoms with E-state index < -0.39 is 0 Å². The minimum absolute atomic E-state index is 0.219. The molecule has 58 valence electrons. The van der Waals surface area contributed by atoms with Gasteiger partial charge in [0.2, 0.25) is 0 Å². The minimum atomic E-state index is 0.219. The van der Waals surface area contributed by atoms with E-state index in [-0.39, 0.29) is 6.61 Å². The van der Waals surface area contributed by atoms with E-state index in [1.807, 2.05) is 6.20 Å². The summed E-state index contributed by atoms with van der Waals surface area (Å²) in [5.74, 6) is 0. The number of rotatable bonds is 2. The Labute approximate surface area is 61.3 Å². The topological polar surface area (TPSA) is 35.5 Å². The molecule has 1 rings (SSSR count). The first-order chi connectivity index (χ1) is 4.84. The molecule has 0 radical (unpaired) electrons. The molecule has 1 unspecified atom stereocenters. The van der Waals surface area contributed by atoms with Crippen molar-refractivity contribution >= 4 is 0 Å². The second kappa shape index (κ2) is 3.58. The number of hydrogen-bond acceptors (Lipinski definition) is 3. The maximum atomic E-state index is 8.63. The molecule has 1 heterocycles. The van der Waals surface area contributed by atoms with Crippen molar-refractivity contribution in [3.63, 3.8) is 0 Å². The molecule has 1 aliphatic rings. The molecule has 10 heavy (non-hydrogen) atoms. The van der Waals surface area contributed by atoms with Crippen LogP contribution in [0.3, 0.4) is 0 Å². The lowest BCUT2D eigenvalue weighted by Gasteiger charge is -2.30. The lowest BCUT2D eigenvalue weighted by Crippen LogP contribution is -2.44. The van der Waals surface area contributed by atoms with Crippen LogP contribution in [0.1, 0.15) is 6.92 Å². The Bertz CT molecular complexity index is 125. The van der Waals surface area contributed by atoms with Crippen molar-refractivity contribution < 1.29 is 5.11 Å². The lowest BCUT2D eigenvalue weighted by atomic mass is 10.3. The predicted molar refractivity (Wildman–Crippen MR) is 40.4 cm³/mol. The first-order valence-electron chi connectivity index (χ1n) is 3.61. The van der Waals surface area contributed by atoms with E-state index in [1.54, 1.807) is 0 Å². The highest BCUT2D eigenvalue weighted by Crippen LogP contribution is 1.99. The summed E-state index contributed by atoms with van der Waals surface area (Å²) in [7, 11) is 0. The summed E-state index contributed by atoms with van der Waals surface area (Å²) in [6.07, 6.45) is 4.43. The van der Waals surface area contributed by atoms with Crippen LogP contribution < -0.4 is 5.32 Å². The Kier molecular flexibility index (Phi) is 2.71. The summed E-state index contributed by atoms with van der Waals surface area (Å²) in [6.45, 7) is 3.95. The van der Waals surface area contributed by atoms with Crippen molar-refractivity contribution in [2.75, 3.05) is 19.7 Å². The van der Waals surface area contributed by atoms with Gasteiger partial charge in [-0.2, -0.15) is 0 Å². The molecule has 0 saturated heterocycles. The highest BCUT2D eigenvalue weighted by Gasteiger charge is 2.09. The van der Waals surface area contributed by atoms with Crippen molar-refractivity contribution in [1.82, 2.24) is 10.2 Å². The number of nitrogens with zero attached hydrogens (tertiary/aromatic N) is 1. The van der Waals surface area contributed by atoms with E-state index in [9.17, 15) is 0 Å². The maximum Gasteiger partial charge on any atom is 0.0764 e. The largest absolute Gasteiger partial charge is 0.395 e. The lowest BCUT2D eigenvalue weighted by molar-refractivity contribution is 0.184. The van der Waals surface area contributed by atoms with Gasteiger partial charge in [0.05, 0.1) is 12.8 Å². The van der Waals surface area contributed by atoms with Crippen LogP contribution in [0.25, 0.3) is 0 Å². The molecule has 0 spiro atoms. The highest BCUT2D eigenvalue weighted by molar-refractivity contribution is 4.91. The molecule has 0 saturated carbocycles. The zero-order valence-electron chi connectivity index (χ0n) is 6.25. The smallest absolute Gasteiger partial charge is 0.0764 e. The van der Waals surface area contributed by atoms with Gasteiger partial charge < -0.3 is 10.0 Å². The van der Waals surface area contributed by atoms with Crippen molar-refractivity contribution in [3.8, 4) is 0 Å². The third-order valence-corrected chi connectivity index (χ3v) is 1.68. The van der Waals surface area contributed by atoms with Crippen LogP contribution in [-0.2, 0) is 0 Å². The summed E-state index contributed by atoms with van der Waals surface area (Å²) in [5.41, 5.74) is 0. The van der Waals surface area contributed by atoms with Crippen molar-refractivity contribution in [1.29, 1.82) is 0 Å². The minimum Gasteiger partial charge on any atom is -0.395 e. The molecule has 1 aliphatic heterocycles. The maximum absolute atomic E-state index is 8.63. The van der Waals surface area contributed by atoms with E-state index in [2.05, 4.69) is 23.2 Å². The van der Waals surface area contributed by atoms with Crippen LogP contribution in [-0.4, -0.2) is 35.9 Å². The van der Waals surface area contributed by atoms with E-state index in [0.29, 0.717) is 12.7 Å². The number of β-amino-alcohol motifs (C(OH)–C–C–N with tert-alkyl or cyclic N) is 1. The highest BCUT2D eigenvalue weighted by atomic mass is 16.3. The van der Waals surface area contributed by atoms with Gasteiger partial charge in [-0.15, -0.1) is 0 Å². The fourth-order valence-electron chi connectivity index (χ4n) is 1.06. The summed E-state index contributed by atoms with van der Waals surface area (Å²) >= 11 is 0. The predicted octanol–water partition coefficient (Wildman–Crippen LogP) is -0.256. The zero-order chi connectivity index (χ0) is 7.40. The van der Waals surface area contributed by atoms with Crippen molar-refractivity contribution in [2.45, 2.75) is 13.1 Å². The van der Waals surface area contributed by atoms with Gasteiger partial charge in [0.25, 0.3) is 0 Å². The molecule has 0 aliphatic carbocycles. The van der Waals surface area contributed by atoms with E-state index >= 15 is 0 Å². The van der Waals surface area contributed by atoms with E-state index in [0.717, 1.165) is 6.54 Å². The van der Waals surface area contributed by atoms with Crippen LogP contribution in [0.15, 0.2) is 12.3 Å². The summed E-state index contributed by atoms with van der Waals surface area (Å²) in [6, 6.07) is 0. The Morgan fingerprint density at radius 3 is 3.20 bits per heavy atom. The van der Waals surface area contributed by atoms with Gasteiger partial charge >= 0.3 is 0 Å².